The van der Waals surface area contributed by atoms with Crippen LogP contribution in [0.15, 0.2) is 35.1 Å². The molecular formula is C25H25ClFN7O3. The lowest BCUT2D eigenvalue weighted by molar-refractivity contribution is 0.108. The van der Waals surface area contributed by atoms with Crippen molar-refractivity contribution >= 4 is 17.4 Å². The molecule has 1 aliphatic heterocycles. The minimum absolute atomic E-state index is 0.0555. The molecule has 10 nitrogen and oxygen atoms in total. The molecule has 5 rings (SSSR count). The van der Waals surface area contributed by atoms with Gasteiger partial charge >= 0.3 is 0 Å². The molecule has 0 spiro atoms. The standard InChI is InChI=1S/C25H25ClFN7O3/c1-13-21(14(2)37-33-13)23-22(27)25(34-10-19-20(11-34)30-7-6-29-19)32-24(31-23)17-8-16(4-5-18(17)26)36-12-15(35)9-28-3/h4-8,15,28,35H,9-12H2,1-3H3. The predicted molar refractivity (Wildman–Crippen MR) is 135 cm³/mol. The summed E-state index contributed by atoms with van der Waals surface area (Å²) in [6, 6.07) is 5.01. The Kier molecular flexibility index (Phi) is 7.00. The zero-order valence-corrected chi connectivity index (χ0v) is 21.3. The molecule has 1 unspecified atom stereocenters. The van der Waals surface area contributed by atoms with Crippen molar-refractivity contribution in [3.63, 3.8) is 0 Å². The fourth-order valence-corrected chi connectivity index (χ4v) is 4.43. The second kappa shape index (κ2) is 10.4. The first kappa shape index (κ1) is 25.0. The number of aromatic nitrogens is 5. The molecule has 4 aromatic rings. The Morgan fingerprint density at radius 3 is 2.57 bits per heavy atom. The van der Waals surface area contributed by atoms with E-state index >= 15 is 4.39 Å². The number of aryl methyl sites for hydroxylation is 2. The number of ether oxygens (including phenoxy) is 1. The summed E-state index contributed by atoms with van der Waals surface area (Å²) in [5, 5.41) is 17.2. The van der Waals surface area contributed by atoms with Gasteiger partial charge in [-0.15, -0.1) is 0 Å². The Hall–Kier alpha value is -3.67. The van der Waals surface area contributed by atoms with Crippen LogP contribution >= 0.6 is 11.6 Å². The van der Waals surface area contributed by atoms with Crippen LogP contribution in [0.25, 0.3) is 22.6 Å². The lowest BCUT2D eigenvalue weighted by Crippen LogP contribution is -2.29. The van der Waals surface area contributed by atoms with Gasteiger partial charge in [-0.05, 0) is 39.1 Å². The van der Waals surface area contributed by atoms with Crippen molar-refractivity contribution in [2.24, 2.45) is 0 Å². The second-order valence-electron chi connectivity index (χ2n) is 8.70. The number of fused-ring (bicyclic) bond motifs is 1. The monoisotopic (exact) mass is 525 g/mol. The van der Waals surface area contributed by atoms with E-state index < -0.39 is 11.9 Å². The first-order chi connectivity index (χ1) is 17.9. The topological polar surface area (TPSA) is 122 Å². The van der Waals surface area contributed by atoms with Gasteiger partial charge in [0.25, 0.3) is 0 Å². The number of rotatable bonds is 8. The Morgan fingerprint density at radius 2 is 1.92 bits per heavy atom. The van der Waals surface area contributed by atoms with E-state index in [4.69, 9.17) is 20.9 Å². The number of hydrogen-bond donors (Lipinski definition) is 2. The van der Waals surface area contributed by atoms with E-state index in [-0.39, 0.29) is 23.9 Å². The van der Waals surface area contributed by atoms with Crippen LogP contribution in [0.4, 0.5) is 10.2 Å². The Morgan fingerprint density at radius 1 is 1.19 bits per heavy atom. The Labute approximate surface area is 217 Å². The molecular weight excluding hydrogens is 501 g/mol. The molecule has 2 N–H and O–H groups in total. The summed E-state index contributed by atoms with van der Waals surface area (Å²) in [6.07, 6.45) is 2.53. The third-order valence-corrected chi connectivity index (χ3v) is 6.34. The highest BCUT2D eigenvalue weighted by molar-refractivity contribution is 6.33. The van der Waals surface area contributed by atoms with Crippen LogP contribution in [0.2, 0.25) is 5.02 Å². The first-order valence-electron chi connectivity index (χ1n) is 11.7. The number of nitrogens with one attached hydrogen (secondary N) is 1. The average molecular weight is 526 g/mol. The van der Waals surface area contributed by atoms with Crippen molar-refractivity contribution in [2.45, 2.75) is 33.0 Å². The van der Waals surface area contributed by atoms with Crippen molar-refractivity contribution in [1.29, 1.82) is 0 Å². The maximum absolute atomic E-state index is 16.1. The lowest BCUT2D eigenvalue weighted by Gasteiger charge is -2.19. The molecule has 0 saturated carbocycles. The molecule has 0 saturated heterocycles. The lowest BCUT2D eigenvalue weighted by atomic mass is 10.1. The number of nitrogens with zero attached hydrogens (tertiary/aromatic N) is 6. The molecule has 3 aromatic heterocycles. The van der Waals surface area contributed by atoms with E-state index in [1.54, 1.807) is 56.4 Å². The minimum atomic E-state index is -0.692. The van der Waals surface area contributed by atoms with E-state index in [1.165, 1.54) is 0 Å². The van der Waals surface area contributed by atoms with Crippen LogP contribution < -0.4 is 15.0 Å². The average Bonchev–Trinajstić information content (AvgIpc) is 3.46. The molecule has 37 heavy (non-hydrogen) atoms. The summed E-state index contributed by atoms with van der Waals surface area (Å²) < 4.78 is 27.1. The first-order valence-corrected chi connectivity index (χ1v) is 12.0. The van der Waals surface area contributed by atoms with Gasteiger partial charge in [0.2, 0.25) is 0 Å². The van der Waals surface area contributed by atoms with Crippen molar-refractivity contribution < 1.29 is 18.8 Å². The molecule has 1 atom stereocenters. The summed E-state index contributed by atoms with van der Waals surface area (Å²) >= 11 is 6.55. The Balaban J connectivity index is 1.60. The number of likely N-dealkylation sites (N-methyl/N-ethyl adjacent to an activating group) is 1. The number of hydrogen-bond acceptors (Lipinski definition) is 10. The maximum atomic E-state index is 16.1. The normalized spacial score (nSPS) is 13.6. The molecule has 0 aliphatic carbocycles. The third kappa shape index (κ3) is 4.97. The van der Waals surface area contributed by atoms with Gasteiger partial charge < -0.3 is 24.6 Å². The van der Waals surface area contributed by atoms with Crippen molar-refractivity contribution in [1.82, 2.24) is 30.4 Å². The summed E-state index contributed by atoms with van der Waals surface area (Å²) in [5.41, 5.74) is 2.98. The van der Waals surface area contributed by atoms with Gasteiger partial charge in [0.1, 0.15) is 29.9 Å². The fraction of sp³-hybridized carbons (Fsp3) is 0.320. The molecule has 4 heterocycles. The number of anilines is 1. The Bertz CT molecular complexity index is 1400. The van der Waals surface area contributed by atoms with Crippen LogP contribution in [-0.4, -0.2) is 56.5 Å². The van der Waals surface area contributed by atoms with Gasteiger partial charge in [0.05, 0.1) is 40.8 Å². The number of halogens is 2. The van der Waals surface area contributed by atoms with Gasteiger partial charge in [-0.1, -0.05) is 16.8 Å². The quantitative estimate of drug-likeness (QED) is 0.353. The second-order valence-corrected chi connectivity index (χ2v) is 9.11. The summed E-state index contributed by atoms with van der Waals surface area (Å²) in [6.45, 7) is 4.58. The molecule has 12 heteroatoms. The smallest absolute Gasteiger partial charge is 0.192 e. The van der Waals surface area contributed by atoms with E-state index in [9.17, 15) is 5.11 Å². The molecule has 1 aromatic carbocycles. The largest absolute Gasteiger partial charge is 0.491 e. The van der Waals surface area contributed by atoms with Crippen LogP contribution in [0, 0.1) is 19.7 Å². The van der Waals surface area contributed by atoms with Gasteiger partial charge in [-0.3, -0.25) is 9.97 Å². The van der Waals surface area contributed by atoms with Crippen molar-refractivity contribution in [3.8, 4) is 28.4 Å². The third-order valence-electron chi connectivity index (χ3n) is 6.01. The van der Waals surface area contributed by atoms with Crippen LogP contribution in [0.5, 0.6) is 5.75 Å². The van der Waals surface area contributed by atoms with Gasteiger partial charge in [-0.2, -0.15) is 0 Å². The molecule has 0 radical (unpaired) electrons. The van der Waals surface area contributed by atoms with Crippen LogP contribution in [-0.2, 0) is 13.1 Å². The number of aliphatic hydroxyl groups is 1. The maximum Gasteiger partial charge on any atom is 0.192 e. The summed E-state index contributed by atoms with van der Waals surface area (Å²) in [4.78, 5) is 19.7. The molecule has 0 fully saturated rings. The van der Waals surface area contributed by atoms with E-state index in [0.717, 1.165) is 11.4 Å². The van der Waals surface area contributed by atoms with Crippen molar-refractivity contribution in [3.05, 3.63) is 64.3 Å². The van der Waals surface area contributed by atoms with E-state index in [0.29, 0.717) is 53.0 Å². The highest BCUT2D eigenvalue weighted by Gasteiger charge is 2.30. The van der Waals surface area contributed by atoms with E-state index in [1.807, 2.05) is 0 Å². The predicted octanol–water partition coefficient (Wildman–Crippen LogP) is 3.48. The highest BCUT2D eigenvalue weighted by Crippen LogP contribution is 2.38. The van der Waals surface area contributed by atoms with Gasteiger partial charge in [0, 0.05) is 24.5 Å². The van der Waals surface area contributed by atoms with Crippen molar-refractivity contribution in [2.75, 3.05) is 25.1 Å². The van der Waals surface area contributed by atoms with Gasteiger partial charge in [-0.25, -0.2) is 14.4 Å². The highest BCUT2D eigenvalue weighted by atomic mass is 35.5. The molecule has 1 aliphatic rings. The fourth-order valence-electron chi connectivity index (χ4n) is 4.23. The van der Waals surface area contributed by atoms with Crippen LogP contribution in [0.3, 0.4) is 0 Å². The number of benzene rings is 1. The zero-order valence-electron chi connectivity index (χ0n) is 20.5. The minimum Gasteiger partial charge on any atom is -0.491 e. The molecule has 0 bridgehead atoms. The summed E-state index contributed by atoms with van der Waals surface area (Å²) in [7, 11) is 1.74. The molecule has 0 amide bonds. The SMILES string of the molecule is CNCC(O)COc1ccc(Cl)c(-c2nc(-c3c(C)noc3C)c(F)c(N3Cc4nccnc4C3)n2)c1. The zero-order chi connectivity index (χ0) is 26.1. The van der Waals surface area contributed by atoms with Gasteiger partial charge in [0.15, 0.2) is 17.5 Å². The number of aliphatic hydroxyl groups excluding tert-OH is 1. The van der Waals surface area contributed by atoms with Crippen LogP contribution in [0.1, 0.15) is 22.8 Å². The van der Waals surface area contributed by atoms with E-state index in [2.05, 4.69) is 30.4 Å². The summed E-state index contributed by atoms with van der Waals surface area (Å²) in [5.74, 6) is 0.581. The molecule has 192 valence electrons.